The summed E-state index contributed by atoms with van der Waals surface area (Å²) in [5.41, 5.74) is -0.918. The van der Waals surface area contributed by atoms with Crippen LogP contribution in [-0.4, -0.2) is 84.0 Å². The number of rotatable bonds is 5. The number of aromatic nitrogens is 2. The van der Waals surface area contributed by atoms with Crippen molar-refractivity contribution in [2.24, 2.45) is 0 Å². The smallest absolute Gasteiger partial charge is 0.234 e. The van der Waals surface area contributed by atoms with E-state index in [4.69, 9.17) is 4.74 Å². The third-order valence-electron chi connectivity index (χ3n) is 4.29. The number of β-amino-alcohol motifs (C(OH)–C–C–N with tert-alkyl or cyclic N) is 1. The fraction of sp³-hybridized carbons (Fsp3) is 0.667. The van der Waals surface area contributed by atoms with E-state index in [1.807, 2.05) is 4.90 Å². The van der Waals surface area contributed by atoms with Crippen LogP contribution in [0.4, 0.5) is 5.82 Å². The monoisotopic (exact) mass is 321 g/mol. The molecule has 23 heavy (non-hydrogen) atoms. The van der Waals surface area contributed by atoms with E-state index >= 15 is 0 Å². The molecule has 2 N–H and O–H groups in total. The maximum absolute atomic E-state index is 12.0. The average Bonchev–Trinajstić information content (AvgIpc) is 2.98. The van der Waals surface area contributed by atoms with Crippen LogP contribution >= 0.6 is 0 Å². The van der Waals surface area contributed by atoms with Gasteiger partial charge in [0.25, 0.3) is 0 Å². The van der Waals surface area contributed by atoms with Crippen molar-refractivity contribution >= 4 is 11.7 Å². The topological polar surface area (TPSA) is 90.8 Å². The van der Waals surface area contributed by atoms with Gasteiger partial charge in [-0.3, -0.25) is 14.7 Å². The molecule has 126 valence electrons. The second-order valence-corrected chi connectivity index (χ2v) is 6.12. The summed E-state index contributed by atoms with van der Waals surface area (Å²) in [7, 11) is 0. The van der Waals surface area contributed by atoms with Crippen molar-refractivity contribution in [2.45, 2.75) is 12.0 Å². The van der Waals surface area contributed by atoms with Gasteiger partial charge in [0.15, 0.2) is 0 Å². The molecule has 0 aromatic carbocycles. The molecule has 0 saturated carbocycles. The molecule has 0 radical (unpaired) electrons. The molecule has 1 atom stereocenters. The molecule has 3 heterocycles. The fourth-order valence-electron chi connectivity index (χ4n) is 2.93. The molecule has 2 fully saturated rings. The van der Waals surface area contributed by atoms with Crippen molar-refractivity contribution in [3.63, 3.8) is 0 Å². The summed E-state index contributed by atoms with van der Waals surface area (Å²) < 4.78 is 5.26. The van der Waals surface area contributed by atoms with Crippen molar-refractivity contribution < 1.29 is 14.6 Å². The second kappa shape index (κ2) is 7.20. The van der Waals surface area contributed by atoms with Crippen LogP contribution < -0.4 is 10.2 Å². The number of ether oxygens (including phenoxy) is 1. The minimum absolute atomic E-state index is 0.0572. The van der Waals surface area contributed by atoms with E-state index < -0.39 is 5.60 Å². The maximum atomic E-state index is 12.0. The van der Waals surface area contributed by atoms with Crippen molar-refractivity contribution in [1.82, 2.24) is 20.2 Å². The molecule has 2 aliphatic rings. The Bertz CT molecular complexity index is 523. The molecule has 1 aromatic heterocycles. The zero-order valence-electron chi connectivity index (χ0n) is 13.1. The Kier molecular flexibility index (Phi) is 5.04. The minimum Gasteiger partial charge on any atom is -0.386 e. The van der Waals surface area contributed by atoms with Gasteiger partial charge in [0, 0.05) is 45.1 Å². The number of morpholine rings is 1. The van der Waals surface area contributed by atoms with Gasteiger partial charge in [-0.1, -0.05) is 0 Å². The maximum Gasteiger partial charge on any atom is 0.234 e. The van der Waals surface area contributed by atoms with E-state index in [1.165, 1.54) is 0 Å². The van der Waals surface area contributed by atoms with Gasteiger partial charge >= 0.3 is 0 Å². The normalized spacial score (nSPS) is 25.5. The van der Waals surface area contributed by atoms with Crippen molar-refractivity contribution in [1.29, 1.82) is 0 Å². The Morgan fingerprint density at radius 2 is 2.17 bits per heavy atom. The SMILES string of the molecule is O=C(CN1CCOCC1)NC[C@@]1(O)CCN(c2cnccn2)C1. The molecule has 2 aliphatic heterocycles. The van der Waals surface area contributed by atoms with Crippen molar-refractivity contribution in [3.05, 3.63) is 18.6 Å². The number of carbonyl (C=O) groups excluding carboxylic acids is 1. The van der Waals surface area contributed by atoms with Gasteiger partial charge in [-0.05, 0) is 6.42 Å². The minimum atomic E-state index is -0.918. The first-order valence-electron chi connectivity index (χ1n) is 7.95. The van der Waals surface area contributed by atoms with Gasteiger partial charge < -0.3 is 20.1 Å². The molecule has 0 spiro atoms. The Hall–Kier alpha value is -1.77. The highest BCUT2D eigenvalue weighted by Gasteiger charge is 2.37. The quantitative estimate of drug-likeness (QED) is 0.709. The van der Waals surface area contributed by atoms with Crippen LogP contribution in [0.3, 0.4) is 0 Å². The molecule has 1 amide bonds. The van der Waals surface area contributed by atoms with Crippen LogP contribution in [0.1, 0.15) is 6.42 Å². The summed E-state index contributed by atoms with van der Waals surface area (Å²) in [4.78, 5) is 24.4. The highest BCUT2D eigenvalue weighted by atomic mass is 16.5. The molecular weight excluding hydrogens is 298 g/mol. The number of anilines is 1. The summed E-state index contributed by atoms with van der Waals surface area (Å²) in [5, 5.41) is 13.5. The number of carbonyl (C=O) groups is 1. The largest absolute Gasteiger partial charge is 0.386 e. The number of amides is 1. The fourth-order valence-corrected chi connectivity index (χ4v) is 2.93. The molecule has 3 rings (SSSR count). The summed E-state index contributed by atoms with van der Waals surface area (Å²) in [6, 6.07) is 0. The zero-order valence-corrected chi connectivity index (χ0v) is 13.1. The first-order chi connectivity index (χ1) is 11.1. The van der Waals surface area contributed by atoms with E-state index in [9.17, 15) is 9.90 Å². The highest BCUT2D eigenvalue weighted by Crippen LogP contribution is 2.24. The lowest BCUT2D eigenvalue weighted by molar-refractivity contribution is -0.124. The number of hydrogen-bond acceptors (Lipinski definition) is 7. The van der Waals surface area contributed by atoms with Crippen LogP contribution in [0.25, 0.3) is 0 Å². The summed E-state index contributed by atoms with van der Waals surface area (Å²) in [6.45, 7) is 4.66. The van der Waals surface area contributed by atoms with Crippen LogP contribution in [0, 0.1) is 0 Å². The predicted octanol–water partition coefficient (Wildman–Crippen LogP) is -1.13. The van der Waals surface area contributed by atoms with Crippen molar-refractivity contribution in [3.8, 4) is 0 Å². The number of nitrogens with zero attached hydrogens (tertiary/aromatic N) is 4. The molecule has 8 heteroatoms. The van der Waals surface area contributed by atoms with Gasteiger partial charge in [-0.25, -0.2) is 4.98 Å². The Labute approximate surface area is 135 Å². The average molecular weight is 321 g/mol. The molecule has 0 unspecified atom stereocenters. The summed E-state index contributed by atoms with van der Waals surface area (Å²) in [5.74, 6) is 0.696. The van der Waals surface area contributed by atoms with Gasteiger partial charge in [0.1, 0.15) is 11.4 Å². The first-order valence-corrected chi connectivity index (χ1v) is 7.95. The first kappa shape index (κ1) is 16.1. The summed E-state index contributed by atoms with van der Waals surface area (Å²) in [6.07, 6.45) is 5.54. The van der Waals surface area contributed by atoms with Crippen LogP contribution in [-0.2, 0) is 9.53 Å². The van der Waals surface area contributed by atoms with Crippen molar-refractivity contribution in [2.75, 3.05) is 57.4 Å². The number of hydrogen-bond donors (Lipinski definition) is 2. The molecule has 0 bridgehead atoms. The van der Waals surface area contributed by atoms with Gasteiger partial charge in [-0.15, -0.1) is 0 Å². The Morgan fingerprint density at radius 1 is 1.35 bits per heavy atom. The van der Waals surface area contributed by atoms with Crippen LogP contribution in [0.5, 0.6) is 0 Å². The number of nitrogens with one attached hydrogen (secondary N) is 1. The zero-order chi connectivity index (χ0) is 16.1. The van der Waals surface area contributed by atoms with E-state index in [1.54, 1.807) is 18.6 Å². The third-order valence-corrected chi connectivity index (χ3v) is 4.29. The van der Waals surface area contributed by atoms with Gasteiger partial charge in [-0.2, -0.15) is 0 Å². The van der Waals surface area contributed by atoms with Gasteiger partial charge in [0.05, 0.1) is 26.0 Å². The Balaban J connectivity index is 1.45. The van der Waals surface area contributed by atoms with E-state index in [0.29, 0.717) is 39.3 Å². The lowest BCUT2D eigenvalue weighted by atomic mass is 10.0. The van der Waals surface area contributed by atoms with Crippen LogP contribution in [0.15, 0.2) is 18.6 Å². The standard InChI is InChI=1S/C15H23N5O3/c21-14(10-19-5-7-23-8-6-19)18-11-15(22)1-4-20(12-15)13-9-16-2-3-17-13/h2-3,9,22H,1,4-8,10-12H2,(H,18,21)/t15-/m0/s1. The molecule has 8 nitrogen and oxygen atoms in total. The van der Waals surface area contributed by atoms with E-state index in [0.717, 1.165) is 18.9 Å². The van der Waals surface area contributed by atoms with E-state index in [2.05, 4.69) is 20.2 Å². The lowest BCUT2D eigenvalue weighted by Crippen LogP contribution is -2.49. The second-order valence-electron chi connectivity index (χ2n) is 6.12. The summed E-state index contributed by atoms with van der Waals surface area (Å²) >= 11 is 0. The van der Waals surface area contributed by atoms with E-state index in [-0.39, 0.29) is 12.5 Å². The molecule has 1 aromatic rings. The predicted molar refractivity (Wildman–Crippen MR) is 84.1 cm³/mol. The lowest BCUT2D eigenvalue weighted by Gasteiger charge is -2.27. The Morgan fingerprint density at radius 3 is 2.91 bits per heavy atom. The molecule has 0 aliphatic carbocycles. The molecule has 2 saturated heterocycles. The number of aliphatic hydroxyl groups is 1. The van der Waals surface area contributed by atoms with Gasteiger partial charge in [0.2, 0.25) is 5.91 Å². The van der Waals surface area contributed by atoms with Crippen LogP contribution in [0.2, 0.25) is 0 Å². The molecular formula is C15H23N5O3. The third kappa shape index (κ3) is 4.37. The highest BCUT2D eigenvalue weighted by molar-refractivity contribution is 5.78.